The highest BCUT2D eigenvalue weighted by molar-refractivity contribution is 6.07. The van der Waals surface area contributed by atoms with Crippen molar-refractivity contribution in [2.24, 2.45) is 0 Å². The number of phenols is 1. The number of aromatic hydroxyl groups is 1. The molecule has 24 heavy (non-hydrogen) atoms. The molecule has 0 heterocycles. The lowest BCUT2D eigenvalue weighted by Crippen LogP contribution is -1.99. The minimum atomic E-state index is -0.198. The fraction of sp³-hybridized carbons (Fsp3) is 0.150. The zero-order valence-electron chi connectivity index (χ0n) is 13.4. The first kappa shape index (κ1) is 17.2. The number of hydrogen-bond donors (Lipinski definition) is 1. The summed E-state index contributed by atoms with van der Waals surface area (Å²) in [5.74, 6) is 3.40. The smallest absolute Gasteiger partial charge is 0.185 e. The van der Waals surface area contributed by atoms with Gasteiger partial charge in [0.15, 0.2) is 17.3 Å². The van der Waals surface area contributed by atoms with Crippen molar-refractivity contribution < 1.29 is 19.4 Å². The summed E-state index contributed by atoms with van der Waals surface area (Å²) in [6, 6.07) is 11.6. The number of rotatable bonds is 7. The van der Waals surface area contributed by atoms with Crippen LogP contribution in [0.25, 0.3) is 6.08 Å². The van der Waals surface area contributed by atoms with Crippen molar-refractivity contribution in [3.05, 3.63) is 59.7 Å². The molecule has 0 atom stereocenters. The summed E-state index contributed by atoms with van der Waals surface area (Å²) in [5, 5.41) is 9.42. The Labute approximate surface area is 141 Å². The SMILES string of the molecule is C#CCOc1ccc(/C=C/C(=O)c2cccc(O)c2)cc1OCC. The van der Waals surface area contributed by atoms with Gasteiger partial charge in [0.05, 0.1) is 6.61 Å². The molecule has 0 aliphatic carbocycles. The second-order valence-corrected chi connectivity index (χ2v) is 4.88. The van der Waals surface area contributed by atoms with Gasteiger partial charge < -0.3 is 14.6 Å². The Morgan fingerprint density at radius 2 is 2.04 bits per heavy atom. The van der Waals surface area contributed by atoms with Crippen molar-refractivity contribution in [1.29, 1.82) is 0 Å². The van der Waals surface area contributed by atoms with Crippen molar-refractivity contribution in [3.8, 4) is 29.6 Å². The molecule has 2 rings (SSSR count). The van der Waals surface area contributed by atoms with Crippen molar-refractivity contribution in [3.63, 3.8) is 0 Å². The predicted molar refractivity (Wildman–Crippen MR) is 93.4 cm³/mol. The molecule has 0 amide bonds. The van der Waals surface area contributed by atoms with E-state index in [9.17, 15) is 9.90 Å². The molecule has 0 radical (unpaired) electrons. The van der Waals surface area contributed by atoms with E-state index in [2.05, 4.69) is 5.92 Å². The van der Waals surface area contributed by atoms with Gasteiger partial charge in [-0.05, 0) is 42.8 Å². The first-order valence-corrected chi connectivity index (χ1v) is 7.48. The van der Waals surface area contributed by atoms with Crippen LogP contribution in [-0.2, 0) is 0 Å². The Kier molecular flexibility index (Phi) is 6.04. The van der Waals surface area contributed by atoms with Crippen molar-refractivity contribution in [1.82, 2.24) is 0 Å². The Hall–Kier alpha value is -3.19. The van der Waals surface area contributed by atoms with Gasteiger partial charge in [0.25, 0.3) is 0 Å². The van der Waals surface area contributed by atoms with Gasteiger partial charge in [0.2, 0.25) is 0 Å². The molecule has 0 bridgehead atoms. The number of carbonyl (C=O) groups excluding carboxylic acids is 1. The number of carbonyl (C=O) groups is 1. The Morgan fingerprint density at radius 3 is 2.75 bits per heavy atom. The third-order valence-corrected chi connectivity index (χ3v) is 3.14. The molecule has 0 aromatic heterocycles. The summed E-state index contributed by atoms with van der Waals surface area (Å²) >= 11 is 0. The van der Waals surface area contributed by atoms with Gasteiger partial charge in [-0.25, -0.2) is 0 Å². The molecule has 0 spiro atoms. The Balaban J connectivity index is 2.18. The van der Waals surface area contributed by atoms with E-state index in [1.807, 2.05) is 6.92 Å². The monoisotopic (exact) mass is 322 g/mol. The van der Waals surface area contributed by atoms with Gasteiger partial charge in [-0.2, -0.15) is 0 Å². The van der Waals surface area contributed by atoms with Crippen LogP contribution in [0.3, 0.4) is 0 Å². The summed E-state index contributed by atoms with van der Waals surface area (Å²) in [5.41, 5.74) is 1.21. The van der Waals surface area contributed by atoms with Crippen LogP contribution in [0, 0.1) is 12.3 Å². The maximum Gasteiger partial charge on any atom is 0.185 e. The molecule has 0 aliphatic heterocycles. The van der Waals surface area contributed by atoms with Gasteiger partial charge in [-0.15, -0.1) is 6.42 Å². The lowest BCUT2D eigenvalue weighted by molar-refractivity contribution is 0.104. The maximum atomic E-state index is 12.1. The molecule has 0 aliphatic rings. The molecule has 0 saturated heterocycles. The van der Waals surface area contributed by atoms with Crippen LogP contribution in [0.1, 0.15) is 22.8 Å². The predicted octanol–water partition coefficient (Wildman–Crippen LogP) is 3.70. The molecule has 4 nitrogen and oxygen atoms in total. The lowest BCUT2D eigenvalue weighted by atomic mass is 10.1. The second-order valence-electron chi connectivity index (χ2n) is 4.88. The molecule has 2 aromatic carbocycles. The van der Waals surface area contributed by atoms with Crippen LogP contribution in [0.4, 0.5) is 0 Å². The number of ether oxygens (including phenoxy) is 2. The molecular formula is C20H18O4. The van der Waals surface area contributed by atoms with Crippen molar-refractivity contribution in [2.75, 3.05) is 13.2 Å². The van der Waals surface area contributed by atoms with Crippen LogP contribution in [0.2, 0.25) is 0 Å². The van der Waals surface area contributed by atoms with Gasteiger partial charge >= 0.3 is 0 Å². The normalized spacial score (nSPS) is 10.3. The fourth-order valence-electron chi connectivity index (χ4n) is 2.06. The van der Waals surface area contributed by atoms with Crippen molar-refractivity contribution >= 4 is 11.9 Å². The molecular weight excluding hydrogens is 304 g/mol. The molecule has 0 fully saturated rings. The zero-order chi connectivity index (χ0) is 17.4. The minimum Gasteiger partial charge on any atom is -0.508 e. The summed E-state index contributed by atoms with van der Waals surface area (Å²) in [6.45, 7) is 2.52. The van der Waals surface area contributed by atoms with E-state index >= 15 is 0 Å². The maximum absolute atomic E-state index is 12.1. The quantitative estimate of drug-likeness (QED) is 0.480. The van der Waals surface area contributed by atoms with Crippen LogP contribution in [0.15, 0.2) is 48.5 Å². The molecule has 4 heteroatoms. The summed E-state index contributed by atoms with van der Waals surface area (Å²) in [7, 11) is 0. The average molecular weight is 322 g/mol. The van der Waals surface area contributed by atoms with E-state index in [-0.39, 0.29) is 18.1 Å². The van der Waals surface area contributed by atoms with E-state index in [4.69, 9.17) is 15.9 Å². The highest BCUT2D eigenvalue weighted by Gasteiger charge is 2.06. The standard InChI is InChI=1S/C20H18O4/c1-3-12-24-19-11-9-15(13-20(19)23-4-2)8-10-18(22)16-6-5-7-17(21)14-16/h1,5-11,13-14,21H,4,12H2,2H3/b10-8+. The molecule has 0 unspecified atom stereocenters. The summed E-state index contributed by atoms with van der Waals surface area (Å²) < 4.78 is 11.0. The van der Waals surface area contributed by atoms with E-state index in [0.717, 1.165) is 5.56 Å². The number of phenolic OH excluding ortho intramolecular Hbond substituents is 1. The molecule has 0 saturated carbocycles. The van der Waals surface area contributed by atoms with E-state index in [1.54, 1.807) is 36.4 Å². The second kappa shape index (κ2) is 8.44. The topological polar surface area (TPSA) is 55.8 Å². The number of benzene rings is 2. The van der Waals surface area contributed by atoms with Gasteiger partial charge in [0, 0.05) is 5.56 Å². The lowest BCUT2D eigenvalue weighted by Gasteiger charge is -2.10. The number of terminal acetylenes is 1. The first-order chi connectivity index (χ1) is 11.6. The van der Waals surface area contributed by atoms with Crippen LogP contribution >= 0.6 is 0 Å². The largest absolute Gasteiger partial charge is 0.508 e. The highest BCUT2D eigenvalue weighted by Crippen LogP contribution is 2.29. The number of allylic oxidation sites excluding steroid dienone is 1. The van der Waals surface area contributed by atoms with Crippen molar-refractivity contribution in [2.45, 2.75) is 6.92 Å². The van der Waals surface area contributed by atoms with E-state index < -0.39 is 0 Å². The Morgan fingerprint density at radius 1 is 1.21 bits per heavy atom. The Bertz CT molecular complexity index is 784. The zero-order valence-corrected chi connectivity index (χ0v) is 13.4. The molecule has 2 aromatic rings. The average Bonchev–Trinajstić information content (AvgIpc) is 2.59. The van der Waals surface area contributed by atoms with Crippen LogP contribution in [-0.4, -0.2) is 24.1 Å². The third kappa shape index (κ3) is 4.65. The van der Waals surface area contributed by atoms with E-state index in [0.29, 0.717) is 23.7 Å². The summed E-state index contributed by atoms with van der Waals surface area (Å²) in [4.78, 5) is 12.1. The molecule has 1 N–H and O–H groups in total. The van der Waals surface area contributed by atoms with Gasteiger partial charge in [-0.1, -0.05) is 30.2 Å². The van der Waals surface area contributed by atoms with Crippen LogP contribution in [0.5, 0.6) is 17.2 Å². The number of ketones is 1. The molecule has 122 valence electrons. The summed E-state index contributed by atoms with van der Waals surface area (Å²) in [6.07, 6.45) is 8.32. The highest BCUT2D eigenvalue weighted by atomic mass is 16.5. The van der Waals surface area contributed by atoms with Gasteiger partial charge in [0.1, 0.15) is 12.4 Å². The minimum absolute atomic E-state index is 0.0582. The van der Waals surface area contributed by atoms with Gasteiger partial charge in [-0.3, -0.25) is 4.79 Å². The van der Waals surface area contributed by atoms with E-state index in [1.165, 1.54) is 18.2 Å². The third-order valence-electron chi connectivity index (χ3n) is 3.14. The number of hydrogen-bond acceptors (Lipinski definition) is 4. The first-order valence-electron chi connectivity index (χ1n) is 7.48. The fourth-order valence-corrected chi connectivity index (χ4v) is 2.06. The van der Waals surface area contributed by atoms with Crippen LogP contribution < -0.4 is 9.47 Å².